The molecule has 0 unspecified atom stereocenters. The maximum Gasteiger partial charge on any atom is 0.268 e. The van der Waals surface area contributed by atoms with Gasteiger partial charge in [0.2, 0.25) is 5.91 Å². The molecule has 2 aromatic carbocycles. The third-order valence-corrected chi connectivity index (χ3v) is 5.66. The van der Waals surface area contributed by atoms with E-state index in [4.69, 9.17) is 22.1 Å². The molecule has 2 heterocycles. The molecule has 35 heavy (non-hydrogen) atoms. The number of carbonyl (C=O) groups is 2. The van der Waals surface area contributed by atoms with Crippen molar-refractivity contribution in [3.8, 4) is 28.6 Å². The van der Waals surface area contributed by atoms with Crippen molar-refractivity contribution in [1.29, 1.82) is 0 Å². The number of primary amides is 1. The smallest absolute Gasteiger partial charge is 0.268 e. The van der Waals surface area contributed by atoms with E-state index in [0.717, 1.165) is 12.8 Å². The van der Waals surface area contributed by atoms with Crippen molar-refractivity contribution < 1.29 is 18.7 Å². The van der Waals surface area contributed by atoms with Crippen molar-refractivity contribution in [3.05, 3.63) is 83.5 Å². The Kier molecular flexibility index (Phi) is 5.92. The zero-order valence-electron chi connectivity index (χ0n) is 18.2. The molecule has 0 atom stereocenters. The molecule has 5 rings (SSSR count). The summed E-state index contributed by atoms with van der Waals surface area (Å²) >= 11 is 5.98. The topological polar surface area (TPSA) is 112 Å². The van der Waals surface area contributed by atoms with Crippen LogP contribution >= 0.6 is 11.6 Å². The van der Waals surface area contributed by atoms with Crippen molar-refractivity contribution in [2.75, 3.05) is 5.32 Å². The Labute approximate surface area is 204 Å². The van der Waals surface area contributed by atoms with Gasteiger partial charge in [-0.3, -0.25) is 14.2 Å². The summed E-state index contributed by atoms with van der Waals surface area (Å²) in [7, 11) is 0. The van der Waals surface area contributed by atoms with E-state index < -0.39 is 11.7 Å². The summed E-state index contributed by atoms with van der Waals surface area (Å²) in [5.74, 6) is -0.467. The molecule has 2 aromatic heterocycles. The zero-order valence-corrected chi connectivity index (χ0v) is 19.0. The number of hydrogen-bond donors (Lipinski definition) is 2. The van der Waals surface area contributed by atoms with E-state index in [0.29, 0.717) is 33.7 Å². The predicted molar refractivity (Wildman–Crippen MR) is 128 cm³/mol. The number of hydrogen-bond acceptors (Lipinski definition) is 5. The maximum absolute atomic E-state index is 15.0. The number of nitrogens with one attached hydrogen (secondary N) is 1. The van der Waals surface area contributed by atoms with Crippen molar-refractivity contribution in [2.24, 2.45) is 11.7 Å². The van der Waals surface area contributed by atoms with Gasteiger partial charge < -0.3 is 15.8 Å². The number of imidazole rings is 1. The van der Waals surface area contributed by atoms with Crippen LogP contribution in [0.3, 0.4) is 0 Å². The Morgan fingerprint density at radius 3 is 2.57 bits per heavy atom. The summed E-state index contributed by atoms with van der Waals surface area (Å²) in [5.41, 5.74) is 6.53. The molecule has 4 aromatic rings. The van der Waals surface area contributed by atoms with Gasteiger partial charge in [0.1, 0.15) is 23.1 Å². The average Bonchev–Trinajstić information content (AvgIpc) is 3.60. The number of carbonyl (C=O) groups excluding carboxylic acids is 2. The van der Waals surface area contributed by atoms with Gasteiger partial charge in [0, 0.05) is 40.7 Å². The Morgan fingerprint density at radius 2 is 1.89 bits per heavy atom. The fourth-order valence-electron chi connectivity index (χ4n) is 3.47. The standard InChI is InChI=1S/C25H19ClFN5O3/c26-16-4-6-17(7-5-16)32-13-20(23(28)33)30-24(32)15-3-8-21(19(27)11-15)35-18-9-10-29-22(12-18)31-25(34)14-1-2-14/h3-14H,1-2H2,(H2,28,33)(H,29,31,34). The predicted octanol–water partition coefficient (Wildman–Crippen LogP) is 4.97. The minimum atomic E-state index is -0.707. The first-order valence-electron chi connectivity index (χ1n) is 10.8. The second-order valence-corrected chi connectivity index (χ2v) is 8.48. The summed E-state index contributed by atoms with van der Waals surface area (Å²) in [5, 5.41) is 3.28. The molecule has 0 radical (unpaired) electrons. The summed E-state index contributed by atoms with van der Waals surface area (Å²) in [6.45, 7) is 0. The molecule has 2 amide bonds. The van der Waals surface area contributed by atoms with Gasteiger partial charge in [0.15, 0.2) is 11.6 Å². The van der Waals surface area contributed by atoms with Crippen molar-refractivity contribution in [3.63, 3.8) is 0 Å². The van der Waals surface area contributed by atoms with Crippen molar-refractivity contribution in [2.45, 2.75) is 12.8 Å². The van der Waals surface area contributed by atoms with Gasteiger partial charge in [0.25, 0.3) is 5.91 Å². The summed E-state index contributed by atoms with van der Waals surface area (Å²) < 4.78 is 22.4. The van der Waals surface area contributed by atoms with Crippen LogP contribution in [0.4, 0.5) is 10.2 Å². The van der Waals surface area contributed by atoms with Gasteiger partial charge in [-0.15, -0.1) is 0 Å². The molecule has 1 aliphatic carbocycles. The fraction of sp³-hybridized carbons (Fsp3) is 0.120. The van der Waals surface area contributed by atoms with Gasteiger partial charge in [-0.2, -0.15) is 0 Å². The van der Waals surface area contributed by atoms with Crippen LogP contribution in [0, 0.1) is 11.7 Å². The maximum atomic E-state index is 15.0. The van der Waals surface area contributed by atoms with E-state index >= 15 is 4.39 Å². The molecular weight excluding hydrogens is 473 g/mol. The molecule has 0 spiro atoms. The van der Waals surface area contributed by atoms with Crippen LogP contribution in [-0.4, -0.2) is 26.3 Å². The van der Waals surface area contributed by atoms with Crippen LogP contribution in [0.2, 0.25) is 5.02 Å². The lowest BCUT2D eigenvalue weighted by Crippen LogP contribution is -2.14. The molecule has 8 nitrogen and oxygen atoms in total. The number of amides is 2. The van der Waals surface area contributed by atoms with Gasteiger partial charge in [-0.05, 0) is 61.4 Å². The third-order valence-electron chi connectivity index (χ3n) is 5.41. The summed E-state index contributed by atoms with van der Waals surface area (Å²) in [4.78, 5) is 32.1. The highest BCUT2D eigenvalue weighted by Crippen LogP contribution is 2.32. The van der Waals surface area contributed by atoms with E-state index in [2.05, 4.69) is 15.3 Å². The lowest BCUT2D eigenvalue weighted by molar-refractivity contribution is -0.117. The van der Waals surface area contributed by atoms with Gasteiger partial charge in [-0.1, -0.05) is 11.6 Å². The molecular formula is C25H19ClFN5O3. The van der Waals surface area contributed by atoms with Crippen LogP contribution in [0.1, 0.15) is 23.3 Å². The molecule has 1 aliphatic rings. The Balaban J connectivity index is 1.42. The van der Waals surface area contributed by atoms with E-state index in [1.165, 1.54) is 30.6 Å². The fourth-order valence-corrected chi connectivity index (χ4v) is 3.59. The molecule has 10 heteroatoms. The quantitative estimate of drug-likeness (QED) is 0.379. The first-order valence-corrected chi connectivity index (χ1v) is 11.1. The number of anilines is 1. The Hall–Kier alpha value is -4.24. The van der Waals surface area contributed by atoms with E-state index in [-0.39, 0.29) is 23.3 Å². The van der Waals surface area contributed by atoms with Crippen LogP contribution in [0.5, 0.6) is 11.5 Å². The lowest BCUT2D eigenvalue weighted by Gasteiger charge is -2.11. The highest BCUT2D eigenvalue weighted by molar-refractivity contribution is 6.30. The highest BCUT2D eigenvalue weighted by Gasteiger charge is 2.29. The number of ether oxygens (including phenoxy) is 1. The number of rotatable bonds is 7. The highest BCUT2D eigenvalue weighted by atomic mass is 35.5. The van der Waals surface area contributed by atoms with Crippen LogP contribution in [-0.2, 0) is 4.79 Å². The van der Waals surface area contributed by atoms with Crippen molar-refractivity contribution >= 4 is 29.2 Å². The monoisotopic (exact) mass is 491 g/mol. The number of aromatic nitrogens is 3. The second kappa shape index (κ2) is 9.19. The zero-order chi connectivity index (χ0) is 24.5. The van der Waals surface area contributed by atoms with Crippen LogP contribution < -0.4 is 15.8 Å². The van der Waals surface area contributed by atoms with E-state index in [9.17, 15) is 9.59 Å². The van der Waals surface area contributed by atoms with Gasteiger partial charge >= 0.3 is 0 Å². The van der Waals surface area contributed by atoms with Crippen LogP contribution in [0.15, 0.2) is 67.0 Å². The van der Waals surface area contributed by atoms with E-state index in [1.807, 2.05) is 0 Å². The molecule has 0 saturated heterocycles. The Morgan fingerprint density at radius 1 is 1.11 bits per heavy atom. The number of halogens is 2. The SMILES string of the molecule is NC(=O)c1cn(-c2ccc(Cl)cc2)c(-c2ccc(Oc3ccnc(NC(=O)C4CC4)c3)c(F)c2)n1. The lowest BCUT2D eigenvalue weighted by atomic mass is 10.2. The largest absolute Gasteiger partial charge is 0.454 e. The van der Waals surface area contributed by atoms with Crippen molar-refractivity contribution in [1.82, 2.24) is 14.5 Å². The number of nitrogens with two attached hydrogens (primary N) is 1. The second-order valence-electron chi connectivity index (χ2n) is 8.05. The normalized spacial score (nSPS) is 12.9. The first-order chi connectivity index (χ1) is 16.9. The molecule has 0 bridgehead atoms. The molecule has 3 N–H and O–H groups in total. The van der Waals surface area contributed by atoms with Crippen LogP contribution in [0.25, 0.3) is 17.1 Å². The first kappa shape index (κ1) is 22.5. The number of pyridine rings is 1. The number of nitrogens with zero attached hydrogens (tertiary/aromatic N) is 3. The van der Waals surface area contributed by atoms with Gasteiger partial charge in [-0.25, -0.2) is 14.4 Å². The molecule has 1 saturated carbocycles. The molecule has 176 valence electrons. The molecule has 1 fully saturated rings. The minimum Gasteiger partial charge on any atom is -0.454 e. The summed E-state index contributed by atoms with van der Waals surface area (Å²) in [6, 6.07) is 14.3. The minimum absolute atomic E-state index is 0.0286. The van der Waals surface area contributed by atoms with Gasteiger partial charge in [0.05, 0.1) is 0 Å². The third kappa shape index (κ3) is 4.99. The molecule has 0 aliphatic heterocycles. The average molecular weight is 492 g/mol. The van der Waals surface area contributed by atoms with E-state index in [1.54, 1.807) is 41.0 Å². The number of benzene rings is 2. The Bertz CT molecular complexity index is 1430. The summed E-state index contributed by atoms with van der Waals surface area (Å²) in [6.07, 6.45) is 4.70.